The van der Waals surface area contributed by atoms with E-state index in [2.05, 4.69) is 5.32 Å². The summed E-state index contributed by atoms with van der Waals surface area (Å²) in [5, 5.41) is 13.1. The third-order valence-corrected chi connectivity index (χ3v) is 4.52. The summed E-state index contributed by atoms with van der Waals surface area (Å²) >= 11 is 0. The predicted octanol–water partition coefficient (Wildman–Crippen LogP) is 3.26. The maximum Gasteiger partial charge on any atom is 0.329 e. The molecule has 0 saturated heterocycles. The lowest BCUT2D eigenvalue weighted by atomic mass is 9.81. The number of amides is 1. The molecule has 0 spiro atoms. The van der Waals surface area contributed by atoms with Crippen molar-refractivity contribution in [2.24, 2.45) is 0 Å². The number of aryl methyl sites for hydroxylation is 1. The van der Waals surface area contributed by atoms with E-state index in [4.69, 9.17) is 4.42 Å². The predicted molar refractivity (Wildman–Crippen MR) is 81.9 cm³/mol. The molecule has 1 heterocycles. The number of para-hydroxylation sites is 1. The molecule has 1 fully saturated rings. The first-order valence-corrected chi connectivity index (χ1v) is 7.57. The second kappa shape index (κ2) is 5.48. The van der Waals surface area contributed by atoms with Gasteiger partial charge in [0.2, 0.25) is 0 Å². The summed E-state index contributed by atoms with van der Waals surface area (Å²) < 4.78 is 5.62. The molecule has 0 atom stereocenters. The average molecular weight is 301 g/mol. The molecular formula is C17H19NO4. The number of rotatable bonds is 3. The minimum atomic E-state index is -1.17. The number of fused-ring (bicyclic) bond motifs is 1. The second-order valence-corrected chi connectivity index (χ2v) is 5.95. The maximum atomic E-state index is 12.5. The Morgan fingerprint density at radius 2 is 1.86 bits per heavy atom. The van der Waals surface area contributed by atoms with Crippen molar-refractivity contribution in [3.63, 3.8) is 0 Å². The maximum absolute atomic E-state index is 12.5. The number of aliphatic carboxylic acids is 1. The van der Waals surface area contributed by atoms with Crippen molar-refractivity contribution < 1.29 is 19.1 Å². The molecule has 1 saturated carbocycles. The van der Waals surface area contributed by atoms with Crippen molar-refractivity contribution in [2.75, 3.05) is 0 Å². The van der Waals surface area contributed by atoms with E-state index in [1.54, 1.807) is 6.07 Å². The van der Waals surface area contributed by atoms with Crippen LogP contribution in [-0.2, 0) is 4.79 Å². The van der Waals surface area contributed by atoms with Crippen LogP contribution in [0.15, 0.2) is 28.7 Å². The normalized spacial score (nSPS) is 17.3. The van der Waals surface area contributed by atoms with Crippen LogP contribution in [0.5, 0.6) is 0 Å². The minimum Gasteiger partial charge on any atom is -0.480 e. The van der Waals surface area contributed by atoms with Gasteiger partial charge in [-0.05, 0) is 25.8 Å². The van der Waals surface area contributed by atoms with E-state index < -0.39 is 17.4 Å². The quantitative estimate of drug-likeness (QED) is 0.912. The van der Waals surface area contributed by atoms with E-state index >= 15 is 0 Å². The summed E-state index contributed by atoms with van der Waals surface area (Å²) in [6.45, 7) is 1.81. The van der Waals surface area contributed by atoms with Crippen LogP contribution in [0.1, 0.15) is 48.2 Å². The van der Waals surface area contributed by atoms with Crippen molar-refractivity contribution in [1.82, 2.24) is 5.32 Å². The summed E-state index contributed by atoms with van der Waals surface area (Å²) in [4.78, 5) is 24.2. The van der Waals surface area contributed by atoms with Crippen LogP contribution in [0.2, 0.25) is 0 Å². The van der Waals surface area contributed by atoms with E-state index in [1.165, 1.54) is 0 Å². The highest BCUT2D eigenvalue weighted by Gasteiger charge is 2.41. The molecule has 2 N–H and O–H groups in total. The van der Waals surface area contributed by atoms with Gasteiger partial charge in [-0.2, -0.15) is 0 Å². The summed E-state index contributed by atoms with van der Waals surface area (Å²) in [6, 6.07) is 7.41. The molecule has 116 valence electrons. The number of hydrogen-bond acceptors (Lipinski definition) is 3. The van der Waals surface area contributed by atoms with Crippen LogP contribution in [0.3, 0.4) is 0 Å². The Labute approximate surface area is 128 Å². The number of carboxylic acids is 1. The topological polar surface area (TPSA) is 79.5 Å². The number of benzene rings is 1. The third-order valence-electron chi connectivity index (χ3n) is 4.52. The number of nitrogens with one attached hydrogen (secondary N) is 1. The second-order valence-electron chi connectivity index (χ2n) is 5.95. The average Bonchev–Trinajstić information content (AvgIpc) is 2.86. The van der Waals surface area contributed by atoms with Crippen molar-refractivity contribution >= 4 is 22.8 Å². The largest absolute Gasteiger partial charge is 0.480 e. The minimum absolute atomic E-state index is 0.201. The lowest BCUT2D eigenvalue weighted by Crippen LogP contribution is -2.55. The van der Waals surface area contributed by atoms with Crippen molar-refractivity contribution in [2.45, 2.75) is 44.6 Å². The van der Waals surface area contributed by atoms with Crippen molar-refractivity contribution in [3.8, 4) is 0 Å². The van der Waals surface area contributed by atoms with Gasteiger partial charge < -0.3 is 14.8 Å². The molecule has 1 aliphatic rings. The zero-order chi connectivity index (χ0) is 15.7. The molecule has 1 aliphatic carbocycles. The van der Waals surface area contributed by atoms with Gasteiger partial charge >= 0.3 is 5.97 Å². The monoisotopic (exact) mass is 301 g/mol. The highest BCUT2D eigenvalue weighted by Crippen LogP contribution is 2.30. The molecule has 0 aliphatic heterocycles. The van der Waals surface area contributed by atoms with E-state index in [0.717, 1.165) is 30.2 Å². The van der Waals surface area contributed by atoms with Gasteiger partial charge in [0.15, 0.2) is 5.76 Å². The molecule has 0 unspecified atom stereocenters. The Hall–Kier alpha value is -2.30. The van der Waals surface area contributed by atoms with E-state index in [0.29, 0.717) is 18.4 Å². The Kier molecular flexibility index (Phi) is 3.64. The van der Waals surface area contributed by atoms with Gasteiger partial charge in [-0.15, -0.1) is 0 Å². The van der Waals surface area contributed by atoms with Crippen molar-refractivity contribution in [1.29, 1.82) is 0 Å². The molecule has 0 bridgehead atoms. The highest BCUT2D eigenvalue weighted by atomic mass is 16.4. The fourth-order valence-electron chi connectivity index (χ4n) is 3.21. The summed E-state index contributed by atoms with van der Waals surface area (Å²) in [5.41, 5.74) is 0.211. The fraction of sp³-hybridized carbons (Fsp3) is 0.412. The third kappa shape index (κ3) is 2.36. The molecule has 1 amide bonds. The molecule has 5 heteroatoms. The van der Waals surface area contributed by atoms with Gasteiger partial charge in [0.1, 0.15) is 11.1 Å². The first kappa shape index (κ1) is 14.6. The van der Waals surface area contributed by atoms with Crippen LogP contribution in [0.25, 0.3) is 11.0 Å². The Morgan fingerprint density at radius 1 is 1.18 bits per heavy atom. The smallest absolute Gasteiger partial charge is 0.329 e. The molecule has 22 heavy (non-hydrogen) atoms. The highest BCUT2D eigenvalue weighted by molar-refractivity contribution is 6.01. The number of carbonyl (C=O) groups excluding carboxylic acids is 1. The first-order chi connectivity index (χ1) is 10.5. The number of carboxylic acid groups (broad SMARTS) is 1. The first-order valence-electron chi connectivity index (χ1n) is 7.57. The lowest BCUT2D eigenvalue weighted by Gasteiger charge is -2.33. The Morgan fingerprint density at radius 3 is 2.50 bits per heavy atom. The van der Waals surface area contributed by atoms with E-state index in [-0.39, 0.29) is 5.76 Å². The molecular weight excluding hydrogens is 282 g/mol. The van der Waals surface area contributed by atoms with E-state index in [1.807, 2.05) is 25.1 Å². The number of hydrogen-bond donors (Lipinski definition) is 2. The fourth-order valence-corrected chi connectivity index (χ4v) is 3.21. The van der Waals surface area contributed by atoms with Gasteiger partial charge in [0, 0.05) is 10.9 Å². The standard InChI is InChI=1S/C17H19NO4/c1-11-12-7-3-4-8-13(12)22-14(11)15(19)18-17(16(20)21)9-5-2-6-10-17/h3-4,7-8H,2,5-6,9-10H2,1H3,(H,18,19)(H,20,21). The van der Waals surface area contributed by atoms with Crippen LogP contribution >= 0.6 is 0 Å². The summed E-state index contributed by atoms with van der Waals surface area (Å²) in [5.74, 6) is -1.21. The van der Waals surface area contributed by atoms with Gasteiger partial charge in [-0.25, -0.2) is 4.79 Å². The summed E-state index contributed by atoms with van der Waals surface area (Å²) in [7, 11) is 0. The number of furan rings is 1. The van der Waals surface area contributed by atoms with Crippen molar-refractivity contribution in [3.05, 3.63) is 35.6 Å². The molecule has 2 aromatic rings. The molecule has 3 rings (SSSR count). The molecule has 5 nitrogen and oxygen atoms in total. The molecule has 1 aromatic carbocycles. The van der Waals surface area contributed by atoms with Gasteiger partial charge in [0.25, 0.3) is 5.91 Å². The number of carbonyl (C=O) groups is 2. The Bertz CT molecular complexity index is 725. The molecule has 0 radical (unpaired) electrons. The van der Waals surface area contributed by atoms with Crippen LogP contribution < -0.4 is 5.32 Å². The van der Waals surface area contributed by atoms with Gasteiger partial charge in [-0.3, -0.25) is 4.79 Å². The van der Waals surface area contributed by atoms with E-state index in [9.17, 15) is 14.7 Å². The lowest BCUT2D eigenvalue weighted by molar-refractivity contribution is -0.145. The van der Waals surface area contributed by atoms with Crippen LogP contribution in [0, 0.1) is 6.92 Å². The SMILES string of the molecule is Cc1c(C(=O)NC2(C(=O)O)CCCCC2)oc2ccccc12. The zero-order valence-corrected chi connectivity index (χ0v) is 12.5. The summed E-state index contributed by atoms with van der Waals surface area (Å²) in [6.07, 6.45) is 3.56. The van der Waals surface area contributed by atoms with Crippen LogP contribution in [0.4, 0.5) is 0 Å². The van der Waals surface area contributed by atoms with Gasteiger partial charge in [0.05, 0.1) is 0 Å². The zero-order valence-electron chi connectivity index (χ0n) is 12.5. The Balaban J connectivity index is 1.92. The van der Waals surface area contributed by atoms with Crippen LogP contribution in [-0.4, -0.2) is 22.5 Å². The molecule has 1 aromatic heterocycles. The van der Waals surface area contributed by atoms with Gasteiger partial charge in [-0.1, -0.05) is 37.5 Å².